The Morgan fingerprint density at radius 2 is 2.14 bits per heavy atom. The maximum Gasteiger partial charge on any atom is 0.254 e. The van der Waals surface area contributed by atoms with E-state index >= 15 is 0 Å². The smallest absolute Gasteiger partial charge is 0.254 e. The maximum atomic E-state index is 13.4. The van der Waals surface area contributed by atoms with Gasteiger partial charge in [-0.2, -0.15) is 0 Å². The monoisotopic (exact) mass is 310 g/mol. The molecule has 0 radical (unpaired) electrons. The van der Waals surface area contributed by atoms with Gasteiger partial charge in [-0.3, -0.25) is 9.59 Å². The van der Waals surface area contributed by atoms with Gasteiger partial charge in [-0.15, -0.1) is 0 Å². The van der Waals surface area contributed by atoms with Crippen LogP contribution >= 0.6 is 11.6 Å². The van der Waals surface area contributed by atoms with Gasteiger partial charge in [0.25, 0.3) is 5.91 Å². The lowest BCUT2D eigenvalue weighted by Crippen LogP contribution is -2.60. The van der Waals surface area contributed by atoms with E-state index in [0.717, 1.165) is 31.5 Å². The van der Waals surface area contributed by atoms with Crippen LogP contribution in [0, 0.1) is 5.82 Å². The van der Waals surface area contributed by atoms with Crippen molar-refractivity contribution in [1.29, 1.82) is 0 Å². The number of hydrogen-bond donors (Lipinski definition) is 0. The van der Waals surface area contributed by atoms with Gasteiger partial charge in [0.2, 0.25) is 5.91 Å². The van der Waals surface area contributed by atoms with Gasteiger partial charge in [-0.25, -0.2) is 4.39 Å². The summed E-state index contributed by atoms with van der Waals surface area (Å²) >= 11 is 5.80. The molecule has 112 valence electrons. The molecule has 1 aromatic carbocycles. The molecule has 2 saturated heterocycles. The number of carbonyl (C=O) groups is 2. The zero-order valence-corrected chi connectivity index (χ0v) is 12.4. The van der Waals surface area contributed by atoms with Crippen LogP contribution in [0.1, 0.15) is 30.1 Å². The van der Waals surface area contributed by atoms with E-state index in [2.05, 4.69) is 0 Å². The highest BCUT2D eigenvalue weighted by Gasteiger charge is 2.42. The van der Waals surface area contributed by atoms with Crippen molar-refractivity contribution in [2.24, 2.45) is 0 Å². The summed E-state index contributed by atoms with van der Waals surface area (Å²) in [5, 5.41) is 0.178. The first-order valence-electron chi connectivity index (χ1n) is 7.05. The van der Waals surface area contributed by atoms with Crippen molar-refractivity contribution in [2.75, 3.05) is 13.1 Å². The molecule has 2 amide bonds. The summed E-state index contributed by atoms with van der Waals surface area (Å²) in [6.07, 6.45) is 1.88. The van der Waals surface area contributed by atoms with Crippen molar-refractivity contribution in [3.05, 3.63) is 34.6 Å². The Morgan fingerprint density at radius 1 is 1.38 bits per heavy atom. The van der Waals surface area contributed by atoms with Crippen molar-refractivity contribution in [3.8, 4) is 0 Å². The molecule has 1 aromatic rings. The fourth-order valence-electron chi connectivity index (χ4n) is 3.18. The summed E-state index contributed by atoms with van der Waals surface area (Å²) in [6, 6.07) is 3.31. The molecule has 3 rings (SSSR count). The molecule has 4 nitrogen and oxygen atoms in total. The van der Waals surface area contributed by atoms with E-state index in [1.54, 1.807) is 6.92 Å². The number of fused-ring (bicyclic) bond motifs is 1. The van der Waals surface area contributed by atoms with Crippen LogP contribution in [0.5, 0.6) is 0 Å². The van der Waals surface area contributed by atoms with Crippen LogP contribution in [0.25, 0.3) is 0 Å². The molecular formula is C15H16ClFN2O2. The molecule has 2 fully saturated rings. The fourth-order valence-corrected chi connectivity index (χ4v) is 3.40. The van der Waals surface area contributed by atoms with Crippen molar-refractivity contribution in [3.63, 3.8) is 0 Å². The summed E-state index contributed by atoms with van der Waals surface area (Å²) in [7, 11) is 0. The first-order chi connectivity index (χ1) is 9.97. The molecule has 0 bridgehead atoms. The number of rotatable bonds is 1. The SMILES string of the molecule is C[C@H]1C(=O)N2CCC[C@H]2CN1C(=O)c1cc(F)cc(Cl)c1. The fraction of sp³-hybridized carbons (Fsp3) is 0.467. The standard InChI is InChI=1S/C15H16ClFN2O2/c1-9-14(20)18-4-2-3-13(18)8-19(9)15(21)10-5-11(16)7-12(17)6-10/h5-7,9,13H,2-4,8H2,1H3/t9-,13-/m0/s1. The van der Waals surface area contributed by atoms with Gasteiger partial charge < -0.3 is 9.80 Å². The molecule has 2 heterocycles. The zero-order valence-electron chi connectivity index (χ0n) is 11.7. The minimum Gasteiger partial charge on any atom is -0.336 e. The molecule has 6 heteroatoms. The molecule has 0 unspecified atom stereocenters. The average Bonchev–Trinajstić information content (AvgIpc) is 2.89. The molecule has 2 atom stereocenters. The molecular weight excluding hydrogens is 295 g/mol. The normalized spacial score (nSPS) is 25.2. The lowest BCUT2D eigenvalue weighted by atomic mass is 10.1. The maximum absolute atomic E-state index is 13.4. The minimum absolute atomic E-state index is 0.0281. The van der Waals surface area contributed by atoms with Gasteiger partial charge in [0.1, 0.15) is 11.9 Å². The molecule has 2 aliphatic rings. The Hall–Kier alpha value is -1.62. The van der Waals surface area contributed by atoms with Crippen molar-refractivity contribution >= 4 is 23.4 Å². The summed E-state index contributed by atoms with van der Waals surface area (Å²) in [6.45, 7) is 2.98. The number of benzene rings is 1. The number of hydrogen-bond acceptors (Lipinski definition) is 2. The third-order valence-electron chi connectivity index (χ3n) is 4.26. The largest absolute Gasteiger partial charge is 0.336 e. The van der Waals surface area contributed by atoms with E-state index in [0.29, 0.717) is 6.54 Å². The number of nitrogens with zero attached hydrogens (tertiary/aromatic N) is 2. The Kier molecular flexibility index (Phi) is 3.61. The van der Waals surface area contributed by atoms with Gasteiger partial charge in [0.15, 0.2) is 0 Å². The number of piperazine rings is 1. The predicted octanol–water partition coefficient (Wildman–Crippen LogP) is 2.31. The van der Waals surface area contributed by atoms with Crippen LogP contribution in [-0.2, 0) is 4.79 Å². The van der Waals surface area contributed by atoms with Crippen molar-refractivity contribution in [2.45, 2.75) is 31.8 Å². The highest BCUT2D eigenvalue weighted by atomic mass is 35.5. The molecule has 0 aromatic heterocycles. The molecule has 21 heavy (non-hydrogen) atoms. The summed E-state index contributed by atoms with van der Waals surface area (Å²) in [5.74, 6) is -0.923. The lowest BCUT2D eigenvalue weighted by molar-refractivity contribution is -0.141. The highest BCUT2D eigenvalue weighted by molar-refractivity contribution is 6.31. The van der Waals surface area contributed by atoms with Crippen LogP contribution in [-0.4, -0.2) is 46.8 Å². The summed E-state index contributed by atoms with van der Waals surface area (Å²) < 4.78 is 13.4. The Bertz CT molecular complexity index is 587. The average molecular weight is 311 g/mol. The number of halogens is 2. The topological polar surface area (TPSA) is 40.6 Å². The highest BCUT2D eigenvalue weighted by Crippen LogP contribution is 2.27. The number of carbonyl (C=O) groups excluding carboxylic acids is 2. The van der Waals surface area contributed by atoms with Gasteiger partial charge >= 0.3 is 0 Å². The second kappa shape index (κ2) is 5.30. The Balaban J connectivity index is 1.88. The van der Waals surface area contributed by atoms with E-state index in [9.17, 15) is 14.0 Å². The van der Waals surface area contributed by atoms with Gasteiger partial charge in [-0.1, -0.05) is 11.6 Å². The van der Waals surface area contributed by atoms with E-state index < -0.39 is 11.9 Å². The zero-order chi connectivity index (χ0) is 15.1. The predicted molar refractivity (Wildman–Crippen MR) is 76.6 cm³/mol. The van der Waals surface area contributed by atoms with E-state index in [1.807, 2.05) is 4.90 Å². The van der Waals surface area contributed by atoms with Gasteiger partial charge in [0, 0.05) is 29.7 Å². The quantitative estimate of drug-likeness (QED) is 0.798. The Labute approximate surface area is 127 Å². The first kappa shape index (κ1) is 14.3. The van der Waals surface area contributed by atoms with Crippen molar-refractivity contribution < 1.29 is 14.0 Å². The second-order valence-electron chi connectivity index (χ2n) is 5.62. The summed E-state index contributed by atoms with van der Waals surface area (Å²) in [5.41, 5.74) is 0.186. The van der Waals surface area contributed by atoms with Crippen molar-refractivity contribution in [1.82, 2.24) is 9.80 Å². The molecule has 0 saturated carbocycles. The van der Waals surface area contributed by atoms with E-state index in [-0.39, 0.29) is 28.4 Å². The summed E-state index contributed by atoms with van der Waals surface area (Å²) in [4.78, 5) is 28.3. The van der Waals surface area contributed by atoms with E-state index in [1.165, 1.54) is 11.0 Å². The Morgan fingerprint density at radius 3 is 2.86 bits per heavy atom. The lowest BCUT2D eigenvalue weighted by Gasteiger charge is -2.41. The second-order valence-corrected chi connectivity index (χ2v) is 6.06. The third kappa shape index (κ3) is 2.50. The molecule has 0 N–H and O–H groups in total. The van der Waals surface area contributed by atoms with Crippen LogP contribution in [0.2, 0.25) is 5.02 Å². The van der Waals surface area contributed by atoms with Crippen LogP contribution in [0.3, 0.4) is 0 Å². The van der Waals surface area contributed by atoms with Crippen LogP contribution in [0.15, 0.2) is 18.2 Å². The minimum atomic E-state index is -0.552. The first-order valence-corrected chi connectivity index (χ1v) is 7.42. The molecule has 0 aliphatic carbocycles. The van der Waals surface area contributed by atoms with Crippen LogP contribution < -0.4 is 0 Å². The number of amides is 2. The van der Waals surface area contributed by atoms with Crippen LogP contribution in [0.4, 0.5) is 4.39 Å². The van der Waals surface area contributed by atoms with Gasteiger partial charge in [-0.05, 0) is 38.0 Å². The third-order valence-corrected chi connectivity index (χ3v) is 4.48. The van der Waals surface area contributed by atoms with Gasteiger partial charge in [0.05, 0.1) is 0 Å². The van der Waals surface area contributed by atoms with E-state index in [4.69, 9.17) is 11.6 Å². The molecule has 0 spiro atoms. The molecule has 2 aliphatic heterocycles.